The largest absolute Gasteiger partial charge is 0.439 e. The second kappa shape index (κ2) is 9.79. The van der Waals surface area contributed by atoms with E-state index in [4.69, 9.17) is 4.74 Å². The fraction of sp³-hybridized carbons (Fsp3) is 0.100. The Kier molecular flexibility index (Phi) is 7.14. The number of carbonyl (C=O) groups excluding carboxylic acids is 1. The predicted molar refractivity (Wildman–Crippen MR) is 113 cm³/mol. The lowest BCUT2D eigenvalue weighted by Crippen LogP contribution is -2.27. The minimum atomic E-state index is -3.81. The van der Waals surface area contributed by atoms with Gasteiger partial charge in [0.25, 0.3) is 0 Å². The second-order valence-electron chi connectivity index (χ2n) is 6.09. The van der Waals surface area contributed by atoms with E-state index in [0.29, 0.717) is 17.3 Å². The molecule has 0 aliphatic rings. The molecule has 0 unspecified atom stereocenters. The number of nitrogens with zero attached hydrogens (tertiary/aromatic N) is 1. The van der Waals surface area contributed by atoms with Gasteiger partial charge in [0.15, 0.2) is 0 Å². The van der Waals surface area contributed by atoms with Crippen LogP contribution in [-0.4, -0.2) is 25.9 Å². The van der Waals surface area contributed by atoms with Crippen LogP contribution in [0.4, 0.5) is 10.1 Å². The first-order valence-corrected chi connectivity index (χ1v) is 11.0. The summed E-state index contributed by atoms with van der Waals surface area (Å²) in [4.78, 5) is 16.1. The molecular formula is C20H17BrFN3O4S. The average molecular weight is 494 g/mol. The summed E-state index contributed by atoms with van der Waals surface area (Å²) in [5.41, 5.74) is 0.447. The third kappa shape index (κ3) is 6.34. The highest BCUT2D eigenvalue weighted by atomic mass is 79.9. The molecule has 0 saturated carbocycles. The number of pyridine rings is 1. The van der Waals surface area contributed by atoms with E-state index in [9.17, 15) is 17.6 Å². The van der Waals surface area contributed by atoms with E-state index in [0.717, 1.165) is 28.7 Å². The number of carbonyl (C=O) groups is 1. The van der Waals surface area contributed by atoms with E-state index in [1.54, 1.807) is 24.3 Å². The van der Waals surface area contributed by atoms with Gasteiger partial charge in [-0.25, -0.2) is 22.5 Å². The molecule has 1 heterocycles. The Morgan fingerprint density at radius 3 is 2.53 bits per heavy atom. The first-order chi connectivity index (χ1) is 14.3. The Labute approximate surface area is 181 Å². The molecule has 0 fully saturated rings. The lowest BCUT2D eigenvalue weighted by atomic mass is 10.3. The van der Waals surface area contributed by atoms with Gasteiger partial charge in [0, 0.05) is 23.5 Å². The molecular weight excluding hydrogens is 477 g/mol. The van der Waals surface area contributed by atoms with Gasteiger partial charge >= 0.3 is 0 Å². The Morgan fingerprint density at radius 1 is 1.10 bits per heavy atom. The molecule has 10 heteroatoms. The van der Waals surface area contributed by atoms with E-state index >= 15 is 0 Å². The van der Waals surface area contributed by atoms with Crippen molar-refractivity contribution in [3.05, 3.63) is 77.2 Å². The molecule has 0 saturated heterocycles. The van der Waals surface area contributed by atoms with Crippen LogP contribution >= 0.6 is 15.9 Å². The van der Waals surface area contributed by atoms with Gasteiger partial charge in [-0.1, -0.05) is 22.0 Å². The standard InChI is InChI=1S/C20H17BrFN3O4S/c21-14-2-1-3-17(12-14)29-20-9-6-16(13-23-20)25-19(26)10-11-24-30(27,28)18-7-4-15(22)5-8-18/h1-9,12-13,24H,10-11H2,(H,25,26). The molecule has 30 heavy (non-hydrogen) atoms. The monoisotopic (exact) mass is 493 g/mol. The van der Waals surface area contributed by atoms with Crippen LogP contribution in [0.2, 0.25) is 0 Å². The van der Waals surface area contributed by atoms with Gasteiger partial charge in [-0.05, 0) is 48.5 Å². The smallest absolute Gasteiger partial charge is 0.240 e. The van der Waals surface area contributed by atoms with Gasteiger partial charge < -0.3 is 10.1 Å². The topological polar surface area (TPSA) is 97.4 Å². The zero-order valence-corrected chi connectivity index (χ0v) is 17.9. The van der Waals surface area contributed by atoms with Gasteiger partial charge in [0.2, 0.25) is 21.8 Å². The van der Waals surface area contributed by atoms with Crippen molar-refractivity contribution >= 4 is 37.5 Å². The zero-order valence-electron chi connectivity index (χ0n) is 15.5. The molecule has 0 atom stereocenters. The molecule has 1 aromatic heterocycles. The third-order valence-corrected chi connectivity index (χ3v) is 5.78. The predicted octanol–water partition coefficient (Wildman–Crippen LogP) is 4.08. The summed E-state index contributed by atoms with van der Waals surface area (Å²) in [6, 6.07) is 14.9. The van der Waals surface area contributed by atoms with Crippen molar-refractivity contribution in [2.75, 3.05) is 11.9 Å². The van der Waals surface area contributed by atoms with E-state index in [1.807, 2.05) is 12.1 Å². The molecule has 0 radical (unpaired) electrons. The van der Waals surface area contributed by atoms with Crippen molar-refractivity contribution in [1.29, 1.82) is 0 Å². The third-order valence-electron chi connectivity index (χ3n) is 3.81. The van der Waals surface area contributed by atoms with Crippen molar-refractivity contribution in [3.8, 4) is 11.6 Å². The fourth-order valence-electron chi connectivity index (χ4n) is 2.39. The van der Waals surface area contributed by atoms with Crippen LogP contribution in [0.5, 0.6) is 11.6 Å². The molecule has 1 amide bonds. The number of anilines is 1. The number of rotatable bonds is 8. The summed E-state index contributed by atoms with van der Waals surface area (Å²) in [6.45, 7) is -0.108. The highest BCUT2D eigenvalue weighted by molar-refractivity contribution is 9.10. The highest BCUT2D eigenvalue weighted by Gasteiger charge is 2.14. The van der Waals surface area contributed by atoms with Crippen molar-refractivity contribution in [1.82, 2.24) is 9.71 Å². The minimum absolute atomic E-state index is 0.0745. The number of hydrogen-bond donors (Lipinski definition) is 2. The van der Waals surface area contributed by atoms with Gasteiger partial charge in [-0.3, -0.25) is 4.79 Å². The van der Waals surface area contributed by atoms with E-state index in [1.165, 1.54) is 6.20 Å². The summed E-state index contributed by atoms with van der Waals surface area (Å²) >= 11 is 3.36. The van der Waals surface area contributed by atoms with Gasteiger partial charge in [0.05, 0.1) is 16.8 Å². The summed E-state index contributed by atoms with van der Waals surface area (Å²) in [6.07, 6.45) is 1.35. The molecule has 0 aliphatic carbocycles. The zero-order chi connectivity index (χ0) is 21.6. The molecule has 3 aromatic rings. The maximum absolute atomic E-state index is 12.9. The van der Waals surface area contributed by atoms with Crippen molar-refractivity contribution in [2.45, 2.75) is 11.3 Å². The lowest BCUT2D eigenvalue weighted by Gasteiger charge is -2.09. The SMILES string of the molecule is O=C(CCNS(=O)(=O)c1ccc(F)cc1)Nc1ccc(Oc2cccc(Br)c2)nc1. The molecule has 2 aromatic carbocycles. The number of sulfonamides is 1. The Balaban J connectivity index is 1.48. The first kappa shape index (κ1) is 21.9. The number of halogens is 2. The van der Waals surface area contributed by atoms with Crippen LogP contribution in [0.1, 0.15) is 6.42 Å². The Morgan fingerprint density at radius 2 is 1.87 bits per heavy atom. The van der Waals surface area contributed by atoms with Crippen molar-refractivity contribution < 1.29 is 22.3 Å². The Bertz CT molecular complexity index is 1120. The second-order valence-corrected chi connectivity index (χ2v) is 8.78. The lowest BCUT2D eigenvalue weighted by molar-refractivity contribution is -0.116. The van der Waals surface area contributed by atoms with Gasteiger partial charge in [-0.15, -0.1) is 0 Å². The van der Waals surface area contributed by atoms with E-state index < -0.39 is 15.8 Å². The van der Waals surface area contributed by atoms with Crippen LogP contribution in [0.3, 0.4) is 0 Å². The van der Waals surface area contributed by atoms with Gasteiger partial charge in [0.1, 0.15) is 11.6 Å². The normalized spacial score (nSPS) is 11.1. The summed E-state index contributed by atoms with van der Waals surface area (Å²) < 4.78 is 45.9. The number of benzene rings is 2. The summed E-state index contributed by atoms with van der Waals surface area (Å²) in [5.74, 6) is 0.0505. The number of hydrogen-bond acceptors (Lipinski definition) is 5. The van der Waals surface area contributed by atoms with Crippen LogP contribution in [0, 0.1) is 5.82 Å². The highest BCUT2D eigenvalue weighted by Crippen LogP contribution is 2.23. The molecule has 0 spiro atoms. The maximum Gasteiger partial charge on any atom is 0.240 e. The van der Waals surface area contributed by atoms with Crippen LogP contribution < -0.4 is 14.8 Å². The van der Waals surface area contributed by atoms with Crippen molar-refractivity contribution in [2.24, 2.45) is 0 Å². The first-order valence-electron chi connectivity index (χ1n) is 8.76. The van der Waals surface area contributed by atoms with E-state index in [2.05, 4.69) is 31.0 Å². The Hall–Kier alpha value is -2.82. The van der Waals surface area contributed by atoms with Crippen LogP contribution in [0.25, 0.3) is 0 Å². The van der Waals surface area contributed by atoms with E-state index in [-0.39, 0.29) is 23.8 Å². The maximum atomic E-state index is 12.9. The molecule has 3 rings (SSSR count). The molecule has 156 valence electrons. The summed E-state index contributed by atoms with van der Waals surface area (Å²) in [7, 11) is -3.81. The number of nitrogens with one attached hydrogen (secondary N) is 2. The molecule has 0 aliphatic heterocycles. The quantitative estimate of drug-likeness (QED) is 0.492. The fourth-order valence-corrected chi connectivity index (χ4v) is 3.80. The average Bonchev–Trinajstić information content (AvgIpc) is 2.70. The molecule has 7 nitrogen and oxygen atoms in total. The number of aromatic nitrogens is 1. The number of amides is 1. The minimum Gasteiger partial charge on any atom is -0.439 e. The molecule has 0 bridgehead atoms. The summed E-state index contributed by atoms with van der Waals surface area (Å²) in [5, 5.41) is 2.63. The van der Waals surface area contributed by atoms with Crippen molar-refractivity contribution in [3.63, 3.8) is 0 Å². The molecule has 2 N–H and O–H groups in total. The van der Waals surface area contributed by atoms with Gasteiger partial charge in [-0.2, -0.15) is 0 Å². The van der Waals surface area contributed by atoms with Crippen LogP contribution in [-0.2, 0) is 14.8 Å². The number of ether oxygens (including phenoxy) is 1. The van der Waals surface area contributed by atoms with Crippen LogP contribution in [0.15, 0.2) is 76.2 Å².